The van der Waals surface area contributed by atoms with Crippen LogP contribution >= 0.6 is 22.9 Å². The number of hydrogen-bond donors (Lipinski definition) is 1. The second-order valence-electron chi connectivity index (χ2n) is 6.33. The van der Waals surface area contributed by atoms with Gasteiger partial charge in [-0.05, 0) is 54.8 Å². The Labute approximate surface area is 166 Å². The summed E-state index contributed by atoms with van der Waals surface area (Å²) in [6.45, 7) is 0.665. The van der Waals surface area contributed by atoms with Gasteiger partial charge in [0.2, 0.25) is 0 Å². The van der Waals surface area contributed by atoms with Gasteiger partial charge in [-0.2, -0.15) is 0 Å². The van der Waals surface area contributed by atoms with E-state index in [4.69, 9.17) is 11.6 Å². The van der Waals surface area contributed by atoms with E-state index in [-0.39, 0.29) is 11.8 Å². The van der Waals surface area contributed by atoms with Gasteiger partial charge in [0.15, 0.2) is 0 Å². The number of nitrogens with one attached hydrogen (secondary N) is 1. The summed E-state index contributed by atoms with van der Waals surface area (Å²) in [5.41, 5.74) is 3.30. The Hall–Kier alpha value is -2.63. The molecule has 3 aromatic rings. The maximum absolute atomic E-state index is 12.9. The maximum Gasteiger partial charge on any atom is 0.265 e. The largest absolute Gasteiger partial charge is 0.321 e. The van der Waals surface area contributed by atoms with Crippen LogP contribution in [0.3, 0.4) is 0 Å². The minimum Gasteiger partial charge on any atom is -0.321 e. The maximum atomic E-state index is 12.9. The summed E-state index contributed by atoms with van der Waals surface area (Å²) >= 11 is 7.14. The fourth-order valence-electron chi connectivity index (χ4n) is 3.23. The normalized spacial score (nSPS) is 13.1. The van der Waals surface area contributed by atoms with Crippen molar-refractivity contribution >= 4 is 46.1 Å². The molecule has 0 aliphatic carbocycles. The lowest BCUT2D eigenvalue weighted by molar-refractivity contribution is 0.0984. The molecule has 1 aliphatic heterocycles. The van der Waals surface area contributed by atoms with Crippen molar-refractivity contribution in [2.75, 3.05) is 16.8 Å². The minimum atomic E-state index is -0.205. The number of amides is 2. The highest BCUT2D eigenvalue weighted by Crippen LogP contribution is 2.32. The predicted octanol–water partition coefficient (Wildman–Crippen LogP) is 5.25. The summed E-state index contributed by atoms with van der Waals surface area (Å²) in [6, 6.07) is 18.4. The fraction of sp³-hybridized carbons (Fsp3) is 0.143. The van der Waals surface area contributed by atoms with Gasteiger partial charge in [-0.15, -0.1) is 11.3 Å². The number of fused-ring (bicyclic) bond motifs is 1. The zero-order valence-electron chi connectivity index (χ0n) is 14.4. The van der Waals surface area contributed by atoms with E-state index in [1.165, 1.54) is 11.3 Å². The van der Waals surface area contributed by atoms with E-state index in [1.54, 1.807) is 17.0 Å². The average Bonchev–Trinajstić information content (AvgIpc) is 3.14. The first-order valence-corrected chi connectivity index (χ1v) is 9.88. The summed E-state index contributed by atoms with van der Waals surface area (Å²) < 4.78 is 0.574. The van der Waals surface area contributed by atoms with Gasteiger partial charge in [-0.25, -0.2) is 0 Å². The second-order valence-corrected chi connectivity index (χ2v) is 8.04. The van der Waals surface area contributed by atoms with Gasteiger partial charge in [0.25, 0.3) is 11.8 Å². The molecule has 0 fully saturated rings. The molecule has 0 saturated carbocycles. The first-order chi connectivity index (χ1) is 13.1. The summed E-state index contributed by atoms with van der Waals surface area (Å²) in [5.74, 6) is -0.228. The topological polar surface area (TPSA) is 49.4 Å². The summed E-state index contributed by atoms with van der Waals surface area (Å²) in [5, 5.41) is 2.90. The van der Waals surface area contributed by atoms with Crippen LogP contribution in [0.4, 0.5) is 11.4 Å². The molecule has 1 N–H and O–H groups in total. The lowest BCUT2D eigenvalue weighted by Gasteiger charge is -2.30. The number of carbonyl (C=O) groups excluding carboxylic acids is 2. The van der Waals surface area contributed by atoms with Crippen LogP contribution in [-0.2, 0) is 6.42 Å². The monoisotopic (exact) mass is 396 g/mol. The first-order valence-electron chi connectivity index (χ1n) is 8.68. The fourth-order valence-corrected chi connectivity index (χ4v) is 4.17. The van der Waals surface area contributed by atoms with Gasteiger partial charge >= 0.3 is 0 Å². The van der Waals surface area contributed by atoms with Gasteiger partial charge in [-0.1, -0.05) is 35.9 Å². The Morgan fingerprint density at radius 2 is 1.85 bits per heavy atom. The first kappa shape index (κ1) is 17.8. The second kappa shape index (κ2) is 7.55. The zero-order chi connectivity index (χ0) is 18.8. The molecule has 4 nitrogen and oxygen atoms in total. The highest BCUT2D eigenvalue weighted by molar-refractivity contribution is 7.18. The Morgan fingerprint density at radius 1 is 1.04 bits per heavy atom. The zero-order valence-corrected chi connectivity index (χ0v) is 16.0. The molecule has 4 rings (SSSR count). The van der Waals surface area contributed by atoms with Crippen LogP contribution in [0.2, 0.25) is 4.34 Å². The third-order valence-corrected chi connectivity index (χ3v) is 5.75. The lowest BCUT2D eigenvalue weighted by Crippen LogP contribution is -2.35. The molecular formula is C21H17ClN2O2S. The van der Waals surface area contributed by atoms with E-state index >= 15 is 0 Å². The third kappa shape index (κ3) is 3.75. The molecule has 1 aromatic heterocycles. The molecule has 0 radical (unpaired) electrons. The summed E-state index contributed by atoms with van der Waals surface area (Å²) in [7, 11) is 0. The Kier molecular flexibility index (Phi) is 4.97. The number of benzene rings is 2. The molecular weight excluding hydrogens is 380 g/mol. The Bertz CT molecular complexity index is 1000. The molecule has 2 amide bonds. The Morgan fingerprint density at radius 3 is 2.59 bits per heavy atom. The number of aryl methyl sites for hydroxylation is 1. The molecule has 0 spiro atoms. The molecule has 27 heavy (non-hydrogen) atoms. The van der Waals surface area contributed by atoms with Gasteiger partial charge in [0.05, 0.1) is 9.21 Å². The summed E-state index contributed by atoms with van der Waals surface area (Å²) in [6.07, 6.45) is 1.84. The summed E-state index contributed by atoms with van der Waals surface area (Å²) in [4.78, 5) is 27.7. The Balaban J connectivity index is 1.61. The van der Waals surface area contributed by atoms with Crippen LogP contribution in [0.1, 0.15) is 32.0 Å². The van der Waals surface area contributed by atoms with Crippen molar-refractivity contribution in [3.63, 3.8) is 0 Å². The van der Waals surface area contributed by atoms with Crippen LogP contribution in [0, 0.1) is 0 Å². The quantitative estimate of drug-likeness (QED) is 0.657. The van der Waals surface area contributed by atoms with E-state index in [1.807, 2.05) is 48.5 Å². The van der Waals surface area contributed by atoms with Crippen molar-refractivity contribution in [3.8, 4) is 0 Å². The molecule has 2 heterocycles. The van der Waals surface area contributed by atoms with Crippen LogP contribution < -0.4 is 10.2 Å². The minimum absolute atomic E-state index is 0.0231. The van der Waals surface area contributed by atoms with Crippen molar-refractivity contribution < 1.29 is 9.59 Å². The molecule has 6 heteroatoms. The van der Waals surface area contributed by atoms with Gasteiger partial charge < -0.3 is 10.2 Å². The number of anilines is 2. The molecule has 0 bridgehead atoms. The highest BCUT2D eigenvalue weighted by atomic mass is 35.5. The average molecular weight is 397 g/mol. The predicted molar refractivity (Wildman–Crippen MR) is 110 cm³/mol. The molecule has 0 unspecified atom stereocenters. The van der Waals surface area contributed by atoms with Crippen LogP contribution in [0.5, 0.6) is 0 Å². The highest BCUT2D eigenvalue weighted by Gasteiger charge is 2.24. The molecule has 0 saturated heterocycles. The number of rotatable bonds is 3. The van der Waals surface area contributed by atoms with E-state index in [2.05, 4.69) is 5.32 Å². The number of hydrogen-bond acceptors (Lipinski definition) is 3. The van der Waals surface area contributed by atoms with E-state index in [0.717, 1.165) is 24.1 Å². The standard InChI is InChI=1S/C21H17ClN2O2S/c22-19-11-10-18(27-19)20(25)23-16-9-8-14-7-4-12-24(17(14)13-16)21(26)15-5-2-1-3-6-15/h1-3,5-6,8-11,13H,4,7,12H2,(H,23,25). The van der Waals surface area contributed by atoms with E-state index in [0.29, 0.717) is 27.0 Å². The smallest absolute Gasteiger partial charge is 0.265 e. The third-order valence-electron chi connectivity index (χ3n) is 4.52. The SMILES string of the molecule is O=C(Nc1ccc2c(c1)N(C(=O)c1ccccc1)CCC2)c1ccc(Cl)s1. The molecule has 1 aliphatic rings. The van der Waals surface area contributed by atoms with Crippen molar-refractivity contribution in [2.24, 2.45) is 0 Å². The van der Waals surface area contributed by atoms with Crippen molar-refractivity contribution in [1.29, 1.82) is 0 Å². The van der Waals surface area contributed by atoms with Crippen molar-refractivity contribution in [1.82, 2.24) is 0 Å². The van der Waals surface area contributed by atoms with E-state index in [9.17, 15) is 9.59 Å². The van der Waals surface area contributed by atoms with Crippen molar-refractivity contribution in [3.05, 3.63) is 81.0 Å². The molecule has 2 aromatic carbocycles. The lowest BCUT2D eigenvalue weighted by atomic mass is 10.00. The number of nitrogens with zero attached hydrogens (tertiary/aromatic N) is 1. The number of halogens is 1. The van der Waals surface area contributed by atoms with E-state index < -0.39 is 0 Å². The van der Waals surface area contributed by atoms with Gasteiger partial charge in [0.1, 0.15) is 0 Å². The number of thiophene rings is 1. The van der Waals surface area contributed by atoms with Crippen molar-refractivity contribution in [2.45, 2.75) is 12.8 Å². The number of carbonyl (C=O) groups is 2. The van der Waals surface area contributed by atoms with Gasteiger partial charge in [-0.3, -0.25) is 9.59 Å². The van der Waals surface area contributed by atoms with Crippen LogP contribution in [0.15, 0.2) is 60.7 Å². The molecule has 136 valence electrons. The van der Waals surface area contributed by atoms with Crippen LogP contribution in [0.25, 0.3) is 0 Å². The molecule has 0 atom stereocenters. The van der Waals surface area contributed by atoms with Crippen LogP contribution in [-0.4, -0.2) is 18.4 Å². The van der Waals surface area contributed by atoms with Gasteiger partial charge in [0, 0.05) is 23.5 Å².